The summed E-state index contributed by atoms with van der Waals surface area (Å²) in [7, 11) is 0. The molecule has 0 aromatic heterocycles. The van der Waals surface area contributed by atoms with E-state index in [1.165, 1.54) is 6.34 Å². The highest BCUT2D eigenvalue weighted by atomic mass is 15.2. The Bertz CT molecular complexity index is 307. The molecule has 0 saturated heterocycles. The Hall–Kier alpha value is -1.36. The van der Waals surface area contributed by atoms with E-state index in [1.54, 1.807) is 13.1 Å². The first-order valence-corrected chi connectivity index (χ1v) is 3.22. The van der Waals surface area contributed by atoms with Crippen molar-refractivity contribution in [1.82, 2.24) is 0 Å². The van der Waals surface area contributed by atoms with E-state index in [2.05, 4.69) is 20.0 Å². The Morgan fingerprint density at radius 3 is 3.18 bits per heavy atom. The highest BCUT2D eigenvalue weighted by molar-refractivity contribution is 6.65. The fraction of sp³-hybridized carbons (Fsp3) is 0.333. The van der Waals surface area contributed by atoms with Crippen molar-refractivity contribution in [1.29, 1.82) is 0 Å². The van der Waals surface area contributed by atoms with Gasteiger partial charge in [-0.3, -0.25) is 5.73 Å². The SMILES string of the molecule is CC1(N)N=CC2=NC=NC2=N1. The summed E-state index contributed by atoms with van der Waals surface area (Å²) in [6.07, 6.45) is 3.04. The molecular formula is C6H7N5. The second-order valence-electron chi connectivity index (χ2n) is 2.55. The van der Waals surface area contributed by atoms with Gasteiger partial charge < -0.3 is 0 Å². The average Bonchev–Trinajstić information content (AvgIpc) is 2.31. The highest BCUT2D eigenvalue weighted by Crippen LogP contribution is 2.10. The van der Waals surface area contributed by atoms with Gasteiger partial charge in [-0.1, -0.05) is 0 Å². The second kappa shape index (κ2) is 1.82. The first-order chi connectivity index (χ1) is 5.17. The van der Waals surface area contributed by atoms with Crippen LogP contribution in [0.4, 0.5) is 0 Å². The molecule has 0 saturated carbocycles. The molecule has 0 aliphatic carbocycles. The van der Waals surface area contributed by atoms with E-state index in [0.29, 0.717) is 11.5 Å². The predicted octanol–water partition coefficient (Wildman–Crippen LogP) is -0.415. The van der Waals surface area contributed by atoms with Crippen molar-refractivity contribution in [2.24, 2.45) is 25.7 Å². The molecule has 0 fully saturated rings. The fourth-order valence-electron chi connectivity index (χ4n) is 0.882. The molecule has 0 spiro atoms. The van der Waals surface area contributed by atoms with E-state index >= 15 is 0 Å². The van der Waals surface area contributed by atoms with Crippen LogP contribution in [0.2, 0.25) is 0 Å². The molecule has 2 aliphatic rings. The lowest BCUT2D eigenvalue weighted by Gasteiger charge is -2.17. The van der Waals surface area contributed by atoms with Gasteiger partial charge in [0, 0.05) is 0 Å². The highest BCUT2D eigenvalue weighted by Gasteiger charge is 2.23. The number of aliphatic imine (C=N–C) groups is 4. The van der Waals surface area contributed by atoms with E-state index in [-0.39, 0.29) is 0 Å². The molecule has 5 heteroatoms. The second-order valence-corrected chi connectivity index (χ2v) is 2.55. The number of rotatable bonds is 0. The maximum atomic E-state index is 5.62. The monoisotopic (exact) mass is 149 g/mol. The predicted molar refractivity (Wildman–Crippen MR) is 44.4 cm³/mol. The first-order valence-electron chi connectivity index (χ1n) is 3.22. The minimum Gasteiger partial charge on any atom is -0.289 e. The van der Waals surface area contributed by atoms with Crippen LogP contribution in [-0.4, -0.2) is 29.9 Å². The third-order valence-corrected chi connectivity index (χ3v) is 1.39. The van der Waals surface area contributed by atoms with Gasteiger partial charge >= 0.3 is 0 Å². The van der Waals surface area contributed by atoms with Gasteiger partial charge in [-0.15, -0.1) is 0 Å². The van der Waals surface area contributed by atoms with Gasteiger partial charge in [0.25, 0.3) is 0 Å². The third kappa shape index (κ3) is 0.988. The molecule has 56 valence electrons. The zero-order valence-corrected chi connectivity index (χ0v) is 6.02. The molecule has 1 unspecified atom stereocenters. The van der Waals surface area contributed by atoms with E-state index in [1.807, 2.05) is 0 Å². The topological polar surface area (TPSA) is 75.5 Å². The van der Waals surface area contributed by atoms with Crippen LogP contribution >= 0.6 is 0 Å². The summed E-state index contributed by atoms with van der Waals surface area (Å²) in [6.45, 7) is 1.71. The molecule has 1 atom stereocenters. The van der Waals surface area contributed by atoms with Gasteiger partial charge in [0.2, 0.25) is 5.79 Å². The number of nitrogens with zero attached hydrogens (tertiary/aromatic N) is 4. The van der Waals surface area contributed by atoms with Crippen molar-refractivity contribution in [3.05, 3.63) is 0 Å². The maximum absolute atomic E-state index is 5.62. The summed E-state index contributed by atoms with van der Waals surface area (Å²) < 4.78 is 0. The van der Waals surface area contributed by atoms with E-state index in [9.17, 15) is 0 Å². The average molecular weight is 149 g/mol. The van der Waals surface area contributed by atoms with Gasteiger partial charge in [0.1, 0.15) is 12.1 Å². The smallest absolute Gasteiger partial charge is 0.201 e. The van der Waals surface area contributed by atoms with Gasteiger partial charge in [0.15, 0.2) is 5.84 Å². The molecule has 0 radical (unpaired) electrons. The molecule has 0 aromatic carbocycles. The number of nitrogens with two attached hydrogens (primary N) is 1. The Morgan fingerprint density at radius 1 is 1.55 bits per heavy atom. The van der Waals surface area contributed by atoms with Crippen LogP contribution < -0.4 is 5.73 Å². The van der Waals surface area contributed by atoms with Crippen molar-refractivity contribution in [2.45, 2.75) is 12.7 Å². The summed E-state index contributed by atoms with van der Waals surface area (Å²) in [6, 6.07) is 0. The summed E-state index contributed by atoms with van der Waals surface area (Å²) in [5, 5.41) is 0. The van der Waals surface area contributed by atoms with Crippen LogP contribution in [0.5, 0.6) is 0 Å². The summed E-state index contributed by atoms with van der Waals surface area (Å²) in [5.41, 5.74) is 6.31. The molecule has 2 rings (SSSR count). The maximum Gasteiger partial charge on any atom is 0.201 e. The minimum absolute atomic E-state index is 0.574. The Morgan fingerprint density at radius 2 is 2.36 bits per heavy atom. The number of amidine groups is 1. The first kappa shape index (κ1) is 6.36. The van der Waals surface area contributed by atoms with Crippen LogP contribution in [0.15, 0.2) is 20.0 Å². The molecule has 11 heavy (non-hydrogen) atoms. The summed E-state index contributed by atoms with van der Waals surface area (Å²) in [5.74, 6) is -0.291. The quantitative estimate of drug-likeness (QED) is 0.499. The molecule has 0 bridgehead atoms. The van der Waals surface area contributed by atoms with Crippen molar-refractivity contribution in [2.75, 3.05) is 0 Å². The molecule has 0 amide bonds. The van der Waals surface area contributed by atoms with Crippen LogP contribution in [0.3, 0.4) is 0 Å². The lowest BCUT2D eigenvalue weighted by Crippen LogP contribution is -2.37. The lowest BCUT2D eigenvalue weighted by molar-refractivity contribution is 0.524. The van der Waals surface area contributed by atoms with Gasteiger partial charge in [-0.2, -0.15) is 0 Å². The van der Waals surface area contributed by atoms with Gasteiger partial charge in [-0.05, 0) is 6.92 Å². The largest absolute Gasteiger partial charge is 0.289 e. The minimum atomic E-state index is -0.865. The van der Waals surface area contributed by atoms with Crippen LogP contribution in [0.1, 0.15) is 6.92 Å². The van der Waals surface area contributed by atoms with Crippen molar-refractivity contribution < 1.29 is 0 Å². The van der Waals surface area contributed by atoms with Crippen molar-refractivity contribution in [3.63, 3.8) is 0 Å². The number of hydrogen-bond donors (Lipinski definition) is 1. The molecule has 2 aliphatic heterocycles. The summed E-state index contributed by atoms with van der Waals surface area (Å²) >= 11 is 0. The Kier molecular flexibility index (Phi) is 1.05. The lowest BCUT2D eigenvalue weighted by atomic mass is 10.3. The van der Waals surface area contributed by atoms with Gasteiger partial charge in [-0.25, -0.2) is 20.0 Å². The Labute approximate surface area is 63.5 Å². The fourth-order valence-corrected chi connectivity index (χ4v) is 0.882. The zero-order valence-electron chi connectivity index (χ0n) is 6.02. The van der Waals surface area contributed by atoms with Crippen LogP contribution in [0, 0.1) is 0 Å². The van der Waals surface area contributed by atoms with E-state index in [4.69, 9.17) is 5.73 Å². The van der Waals surface area contributed by atoms with Crippen LogP contribution in [0.25, 0.3) is 0 Å². The normalized spacial score (nSPS) is 33.3. The number of fused-ring (bicyclic) bond motifs is 1. The third-order valence-electron chi connectivity index (χ3n) is 1.39. The van der Waals surface area contributed by atoms with E-state index < -0.39 is 5.79 Å². The van der Waals surface area contributed by atoms with Crippen LogP contribution in [-0.2, 0) is 0 Å². The van der Waals surface area contributed by atoms with Crippen molar-refractivity contribution >= 4 is 24.1 Å². The van der Waals surface area contributed by atoms with Gasteiger partial charge in [0.05, 0.1) is 6.21 Å². The molecule has 2 heterocycles. The Balaban J connectivity index is 2.45. The molecule has 2 N–H and O–H groups in total. The molecule has 5 nitrogen and oxygen atoms in total. The summed E-state index contributed by atoms with van der Waals surface area (Å²) in [4.78, 5) is 15.8. The van der Waals surface area contributed by atoms with Crippen molar-refractivity contribution in [3.8, 4) is 0 Å². The van der Waals surface area contributed by atoms with E-state index in [0.717, 1.165) is 0 Å². The zero-order chi connectivity index (χ0) is 7.90. The number of hydrogen-bond acceptors (Lipinski definition) is 5. The molecular weight excluding hydrogens is 142 g/mol. The molecule has 0 aromatic rings. The standard InChI is InChI=1S/C6H7N5/c1-6(7)10-2-4-5(11-6)9-3-8-4/h2-3H,7H2,1H3.